The SMILES string of the molecule is O=C(NC(=S)Nc1cc(Br)ccc1C(=O)NCC1CCCO1)c1ccccc1. The first-order chi connectivity index (χ1) is 13.5. The molecule has 3 rings (SSSR count). The van der Waals surface area contributed by atoms with E-state index in [1.54, 1.807) is 42.5 Å². The summed E-state index contributed by atoms with van der Waals surface area (Å²) >= 11 is 8.64. The maximum Gasteiger partial charge on any atom is 0.257 e. The van der Waals surface area contributed by atoms with Crippen molar-refractivity contribution in [3.05, 3.63) is 64.1 Å². The summed E-state index contributed by atoms with van der Waals surface area (Å²) in [5.74, 6) is -0.555. The summed E-state index contributed by atoms with van der Waals surface area (Å²) in [6.45, 7) is 1.20. The van der Waals surface area contributed by atoms with E-state index in [0.29, 0.717) is 23.4 Å². The molecular weight excluding hydrogens is 442 g/mol. The third kappa shape index (κ3) is 5.60. The molecule has 1 atom stereocenters. The second-order valence-electron chi connectivity index (χ2n) is 6.31. The molecular formula is C20H20BrN3O3S. The summed E-state index contributed by atoms with van der Waals surface area (Å²) in [6.07, 6.45) is 2.02. The minimum Gasteiger partial charge on any atom is -0.376 e. The van der Waals surface area contributed by atoms with Gasteiger partial charge in [-0.2, -0.15) is 0 Å². The molecule has 0 bridgehead atoms. The Morgan fingerprint density at radius 3 is 2.64 bits per heavy atom. The Kier molecular flexibility index (Phi) is 7.13. The fourth-order valence-electron chi connectivity index (χ4n) is 2.84. The van der Waals surface area contributed by atoms with E-state index >= 15 is 0 Å². The normalized spacial score (nSPS) is 15.7. The van der Waals surface area contributed by atoms with Gasteiger partial charge in [-0.05, 0) is 55.4 Å². The Morgan fingerprint density at radius 2 is 1.93 bits per heavy atom. The van der Waals surface area contributed by atoms with E-state index in [1.165, 1.54) is 0 Å². The number of hydrogen-bond acceptors (Lipinski definition) is 4. The van der Waals surface area contributed by atoms with Gasteiger partial charge in [0, 0.05) is 23.2 Å². The van der Waals surface area contributed by atoms with E-state index in [4.69, 9.17) is 17.0 Å². The van der Waals surface area contributed by atoms with Crippen molar-refractivity contribution in [2.45, 2.75) is 18.9 Å². The van der Waals surface area contributed by atoms with Gasteiger partial charge in [0.1, 0.15) is 0 Å². The molecule has 0 radical (unpaired) electrons. The highest BCUT2D eigenvalue weighted by atomic mass is 79.9. The zero-order valence-corrected chi connectivity index (χ0v) is 17.4. The predicted molar refractivity (Wildman–Crippen MR) is 116 cm³/mol. The smallest absolute Gasteiger partial charge is 0.257 e. The van der Waals surface area contributed by atoms with Crippen LogP contribution in [0.2, 0.25) is 0 Å². The van der Waals surface area contributed by atoms with Crippen molar-refractivity contribution in [3.8, 4) is 0 Å². The lowest BCUT2D eigenvalue weighted by Gasteiger charge is -2.15. The van der Waals surface area contributed by atoms with Gasteiger partial charge in [0.15, 0.2) is 5.11 Å². The molecule has 1 aliphatic rings. The molecule has 8 heteroatoms. The molecule has 1 heterocycles. The summed E-state index contributed by atoms with van der Waals surface area (Å²) in [4.78, 5) is 24.8. The van der Waals surface area contributed by atoms with Gasteiger partial charge in [-0.15, -0.1) is 0 Å². The van der Waals surface area contributed by atoms with Crippen LogP contribution in [0, 0.1) is 0 Å². The van der Waals surface area contributed by atoms with Crippen LogP contribution in [-0.2, 0) is 4.74 Å². The van der Waals surface area contributed by atoms with Gasteiger partial charge < -0.3 is 15.4 Å². The largest absolute Gasteiger partial charge is 0.376 e. The van der Waals surface area contributed by atoms with E-state index in [1.807, 2.05) is 6.07 Å². The van der Waals surface area contributed by atoms with E-state index in [0.717, 1.165) is 23.9 Å². The highest BCUT2D eigenvalue weighted by Gasteiger charge is 2.19. The number of carbonyl (C=O) groups excluding carboxylic acids is 2. The van der Waals surface area contributed by atoms with Crippen LogP contribution < -0.4 is 16.0 Å². The van der Waals surface area contributed by atoms with Crippen LogP contribution in [0.3, 0.4) is 0 Å². The number of rotatable bonds is 5. The first-order valence-corrected chi connectivity index (χ1v) is 10.1. The van der Waals surface area contributed by atoms with Gasteiger partial charge in [0.2, 0.25) is 0 Å². The highest BCUT2D eigenvalue weighted by molar-refractivity contribution is 9.10. The van der Waals surface area contributed by atoms with Gasteiger partial charge in [-0.25, -0.2) is 0 Å². The molecule has 1 saturated heterocycles. The lowest BCUT2D eigenvalue weighted by Crippen LogP contribution is -2.35. The number of carbonyl (C=O) groups is 2. The molecule has 2 amide bonds. The number of amides is 2. The van der Waals surface area contributed by atoms with Crippen molar-refractivity contribution in [2.75, 3.05) is 18.5 Å². The van der Waals surface area contributed by atoms with Crippen LogP contribution in [-0.4, -0.2) is 36.2 Å². The molecule has 28 heavy (non-hydrogen) atoms. The number of halogens is 1. The summed E-state index contributed by atoms with van der Waals surface area (Å²) < 4.78 is 6.31. The van der Waals surface area contributed by atoms with Crippen molar-refractivity contribution in [1.82, 2.24) is 10.6 Å². The van der Waals surface area contributed by atoms with Gasteiger partial charge in [-0.3, -0.25) is 14.9 Å². The van der Waals surface area contributed by atoms with Gasteiger partial charge in [0.05, 0.1) is 17.4 Å². The van der Waals surface area contributed by atoms with E-state index in [2.05, 4.69) is 31.9 Å². The number of ether oxygens (including phenoxy) is 1. The first kappa shape index (κ1) is 20.4. The Bertz CT molecular complexity index is 870. The fourth-order valence-corrected chi connectivity index (χ4v) is 3.41. The van der Waals surface area contributed by atoms with Crippen LogP contribution in [0.1, 0.15) is 33.6 Å². The third-order valence-electron chi connectivity index (χ3n) is 4.25. The van der Waals surface area contributed by atoms with Gasteiger partial charge in [-0.1, -0.05) is 34.1 Å². The molecule has 0 saturated carbocycles. The summed E-state index contributed by atoms with van der Waals surface area (Å²) in [5, 5.41) is 8.56. The summed E-state index contributed by atoms with van der Waals surface area (Å²) in [7, 11) is 0. The second-order valence-corrected chi connectivity index (χ2v) is 7.63. The van der Waals surface area contributed by atoms with E-state index < -0.39 is 0 Å². The number of hydrogen-bond donors (Lipinski definition) is 3. The molecule has 2 aromatic rings. The standard InChI is InChI=1S/C20H20BrN3O3S/c21-14-8-9-16(19(26)22-12-15-7-4-10-27-15)17(11-14)23-20(28)24-18(25)13-5-2-1-3-6-13/h1-3,5-6,8-9,11,15H,4,7,10,12H2,(H,22,26)(H2,23,24,25,28). The maximum atomic E-state index is 12.6. The zero-order valence-electron chi connectivity index (χ0n) is 15.0. The molecule has 1 aliphatic heterocycles. The van der Waals surface area contributed by atoms with Gasteiger partial charge in [0.25, 0.3) is 11.8 Å². The van der Waals surface area contributed by atoms with E-state index in [-0.39, 0.29) is 23.0 Å². The van der Waals surface area contributed by atoms with Crippen LogP contribution in [0.25, 0.3) is 0 Å². The Morgan fingerprint density at radius 1 is 1.14 bits per heavy atom. The van der Waals surface area contributed by atoms with Crippen LogP contribution in [0.5, 0.6) is 0 Å². The average molecular weight is 462 g/mol. The third-order valence-corrected chi connectivity index (χ3v) is 4.95. The predicted octanol–water partition coefficient (Wildman–Crippen LogP) is 3.48. The van der Waals surface area contributed by atoms with E-state index in [9.17, 15) is 9.59 Å². The molecule has 3 N–H and O–H groups in total. The second kappa shape index (κ2) is 9.77. The lowest BCUT2D eigenvalue weighted by molar-refractivity contribution is 0.0858. The monoisotopic (exact) mass is 461 g/mol. The van der Waals surface area contributed by atoms with Crippen molar-refractivity contribution in [1.29, 1.82) is 0 Å². The minimum atomic E-state index is -0.322. The Balaban J connectivity index is 1.65. The number of nitrogens with one attached hydrogen (secondary N) is 3. The van der Waals surface area contributed by atoms with Crippen LogP contribution in [0.15, 0.2) is 53.0 Å². The molecule has 146 valence electrons. The zero-order chi connectivity index (χ0) is 19.9. The number of anilines is 1. The van der Waals surface area contributed by atoms with Crippen molar-refractivity contribution in [2.24, 2.45) is 0 Å². The Hall–Kier alpha value is -2.29. The molecule has 1 fully saturated rings. The Labute approximate surface area is 177 Å². The number of benzene rings is 2. The maximum absolute atomic E-state index is 12.6. The molecule has 0 spiro atoms. The van der Waals surface area contributed by atoms with Crippen LogP contribution in [0.4, 0.5) is 5.69 Å². The first-order valence-electron chi connectivity index (χ1n) is 8.89. The van der Waals surface area contributed by atoms with Crippen LogP contribution >= 0.6 is 28.1 Å². The van der Waals surface area contributed by atoms with Gasteiger partial charge >= 0.3 is 0 Å². The van der Waals surface area contributed by atoms with Crippen molar-refractivity contribution in [3.63, 3.8) is 0 Å². The topological polar surface area (TPSA) is 79.5 Å². The fraction of sp³-hybridized carbons (Fsp3) is 0.250. The molecule has 0 aromatic heterocycles. The molecule has 1 unspecified atom stereocenters. The molecule has 0 aliphatic carbocycles. The van der Waals surface area contributed by atoms with Crippen molar-refractivity contribution < 1.29 is 14.3 Å². The minimum absolute atomic E-state index is 0.0574. The summed E-state index contributed by atoms with van der Waals surface area (Å²) in [6, 6.07) is 14.0. The van der Waals surface area contributed by atoms with Crippen molar-refractivity contribution >= 4 is 50.8 Å². The molecule has 2 aromatic carbocycles. The number of thiocarbonyl (C=S) groups is 1. The summed E-state index contributed by atoms with van der Waals surface area (Å²) in [5.41, 5.74) is 1.42. The highest BCUT2D eigenvalue weighted by Crippen LogP contribution is 2.22. The molecule has 6 nitrogen and oxygen atoms in total. The average Bonchev–Trinajstić information content (AvgIpc) is 3.20. The lowest BCUT2D eigenvalue weighted by atomic mass is 10.1. The quantitative estimate of drug-likeness (QED) is 0.593.